The van der Waals surface area contributed by atoms with Gasteiger partial charge < -0.3 is 15.2 Å². The maximum Gasteiger partial charge on any atom is 0.303 e. The highest BCUT2D eigenvalue weighted by molar-refractivity contribution is 7.19. The van der Waals surface area contributed by atoms with Crippen molar-refractivity contribution in [1.82, 2.24) is 9.97 Å². The molecule has 0 amide bonds. The number of benzene rings is 1. The van der Waals surface area contributed by atoms with Gasteiger partial charge in [0.25, 0.3) is 0 Å². The average molecular weight is 488 g/mol. The Bertz CT molecular complexity index is 1150. The molecule has 0 bridgehead atoms. The van der Waals surface area contributed by atoms with E-state index in [9.17, 15) is 4.79 Å². The summed E-state index contributed by atoms with van der Waals surface area (Å²) < 4.78 is 5.74. The number of fused-ring (bicyclic) bond motifs is 3. The molecule has 33 heavy (non-hydrogen) atoms. The number of hydrogen-bond acceptors (Lipinski definition) is 6. The molecule has 3 aromatic rings. The molecule has 0 fully saturated rings. The Labute approximate surface area is 203 Å². The summed E-state index contributed by atoms with van der Waals surface area (Å²) in [5, 5.41) is 14.2. The number of nitrogens with one attached hydrogen (secondary N) is 1. The van der Waals surface area contributed by atoms with E-state index in [-0.39, 0.29) is 12.5 Å². The Kier molecular flexibility index (Phi) is 7.71. The lowest BCUT2D eigenvalue weighted by Crippen LogP contribution is -2.08. The average Bonchev–Trinajstić information content (AvgIpc) is 3.15. The van der Waals surface area contributed by atoms with Gasteiger partial charge in [-0.1, -0.05) is 17.7 Å². The number of ether oxygens (including phenoxy) is 1. The molecule has 0 aliphatic heterocycles. The third-order valence-corrected chi connectivity index (χ3v) is 7.20. The summed E-state index contributed by atoms with van der Waals surface area (Å²) in [4.78, 5) is 23.0. The monoisotopic (exact) mass is 487 g/mol. The summed E-state index contributed by atoms with van der Waals surface area (Å²) in [5.41, 5.74) is 2.44. The van der Waals surface area contributed by atoms with Crippen LogP contribution in [0.15, 0.2) is 18.2 Å². The van der Waals surface area contributed by atoms with E-state index in [0.29, 0.717) is 30.2 Å². The summed E-state index contributed by atoms with van der Waals surface area (Å²) in [5.74, 6) is 1.57. The van der Waals surface area contributed by atoms with Crippen LogP contribution in [0.2, 0.25) is 5.02 Å². The smallest absolute Gasteiger partial charge is 0.303 e. The van der Waals surface area contributed by atoms with Crippen LogP contribution in [0.1, 0.15) is 67.8 Å². The van der Waals surface area contributed by atoms with Crippen molar-refractivity contribution in [3.8, 4) is 5.75 Å². The van der Waals surface area contributed by atoms with E-state index < -0.39 is 5.97 Å². The van der Waals surface area contributed by atoms with E-state index in [1.54, 1.807) is 11.3 Å². The Morgan fingerprint density at radius 3 is 2.82 bits per heavy atom. The van der Waals surface area contributed by atoms with Crippen LogP contribution >= 0.6 is 22.9 Å². The van der Waals surface area contributed by atoms with Crippen LogP contribution in [0.5, 0.6) is 5.75 Å². The van der Waals surface area contributed by atoms with Crippen molar-refractivity contribution in [2.75, 3.05) is 5.32 Å². The molecule has 0 saturated carbocycles. The number of nitrogens with zero attached hydrogens (tertiary/aromatic N) is 2. The number of thiophene rings is 1. The molecule has 1 aromatic carbocycles. The van der Waals surface area contributed by atoms with Crippen molar-refractivity contribution >= 4 is 44.9 Å². The fourth-order valence-corrected chi connectivity index (χ4v) is 5.72. The number of carboxylic acids is 1. The highest BCUT2D eigenvalue weighted by Crippen LogP contribution is 2.39. The van der Waals surface area contributed by atoms with E-state index >= 15 is 0 Å². The Morgan fingerprint density at radius 1 is 1.24 bits per heavy atom. The fourth-order valence-electron chi connectivity index (χ4n) is 4.19. The van der Waals surface area contributed by atoms with Crippen LogP contribution in [-0.2, 0) is 30.6 Å². The highest BCUT2D eigenvalue weighted by Gasteiger charge is 2.21. The molecule has 176 valence electrons. The molecular weight excluding hydrogens is 458 g/mol. The molecule has 8 heteroatoms. The molecule has 1 aliphatic rings. The van der Waals surface area contributed by atoms with E-state index in [4.69, 9.17) is 31.4 Å². The van der Waals surface area contributed by atoms with Crippen LogP contribution in [0, 0.1) is 0 Å². The van der Waals surface area contributed by atoms with Crippen LogP contribution in [0.25, 0.3) is 10.2 Å². The van der Waals surface area contributed by atoms with Gasteiger partial charge in [-0.3, -0.25) is 4.79 Å². The molecule has 4 rings (SSSR count). The first-order chi connectivity index (χ1) is 15.9. The van der Waals surface area contributed by atoms with Gasteiger partial charge in [0, 0.05) is 24.3 Å². The zero-order valence-electron chi connectivity index (χ0n) is 19.1. The quantitative estimate of drug-likeness (QED) is 0.321. The van der Waals surface area contributed by atoms with Gasteiger partial charge in [0.05, 0.1) is 16.5 Å². The second kappa shape index (κ2) is 10.7. The molecule has 0 atom stereocenters. The highest BCUT2D eigenvalue weighted by atomic mass is 35.5. The second-order valence-electron chi connectivity index (χ2n) is 8.77. The number of rotatable bonds is 10. The minimum Gasteiger partial charge on any atom is -0.489 e. The maximum absolute atomic E-state index is 10.8. The third-order valence-electron chi connectivity index (χ3n) is 5.72. The van der Waals surface area contributed by atoms with Crippen molar-refractivity contribution in [2.45, 2.75) is 77.9 Å². The molecule has 2 aromatic heterocycles. The van der Waals surface area contributed by atoms with Crippen molar-refractivity contribution in [3.05, 3.63) is 45.1 Å². The lowest BCUT2D eigenvalue weighted by Gasteiger charge is -2.15. The first kappa shape index (κ1) is 23.8. The molecule has 0 unspecified atom stereocenters. The number of carbonyl (C=O) groups is 1. The standard InChI is InChI=1S/C25H30ClN3O3S/c1-15(2)32-19-12-11-16(13-18(19)26)14-27-24-23-17-7-3-4-8-20(17)33-25(23)29-21(28-24)9-5-6-10-22(30)31/h11-13,15H,3-10,14H2,1-2H3,(H,30,31)(H,27,28,29). The number of aromatic nitrogens is 2. The molecule has 2 heterocycles. The molecule has 6 nitrogen and oxygen atoms in total. The predicted molar refractivity (Wildman–Crippen MR) is 134 cm³/mol. The van der Waals surface area contributed by atoms with Crippen LogP contribution in [0.4, 0.5) is 5.82 Å². The number of unbranched alkanes of at least 4 members (excludes halogenated alkanes) is 1. The summed E-state index contributed by atoms with van der Waals surface area (Å²) in [6.45, 7) is 4.55. The molecule has 0 radical (unpaired) electrons. The number of halogens is 1. The normalized spacial score (nSPS) is 13.3. The predicted octanol–water partition coefficient (Wildman–Crippen LogP) is 6.42. The zero-order valence-corrected chi connectivity index (χ0v) is 20.7. The Balaban J connectivity index is 1.57. The van der Waals surface area contributed by atoms with Crippen molar-refractivity contribution in [1.29, 1.82) is 0 Å². The van der Waals surface area contributed by atoms with E-state index in [1.165, 1.54) is 23.3 Å². The molecule has 1 aliphatic carbocycles. The lowest BCUT2D eigenvalue weighted by molar-refractivity contribution is -0.137. The molecule has 2 N–H and O–H groups in total. The van der Waals surface area contributed by atoms with Gasteiger partial charge in [-0.25, -0.2) is 9.97 Å². The first-order valence-corrected chi connectivity index (χ1v) is 12.8. The summed E-state index contributed by atoms with van der Waals surface area (Å²) in [6, 6.07) is 5.86. The van der Waals surface area contributed by atoms with Gasteiger partial charge in [-0.05, 0) is 75.6 Å². The van der Waals surface area contributed by atoms with Crippen LogP contribution in [0.3, 0.4) is 0 Å². The number of aliphatic carboxylic acids is 1. The van der Waals surface area contributed by atoms with Gasteiger partial charge in [0.1, 0.15) is 22.2 Å². The van der Waals surface area contributed by atoms with E-state index in [1.807, 2.05) is 32.0 Å². The Morgan fingerprint density at radius 2 is 2.06 bits per heavy atom. The third kappa shape index (κ3) is 5.95. The Hall–Kier alpha value is -2.38. The van der Waals surface area contributed by atoms with Crippen molar-refractivity contribution in [2.24, 2.45) is 0 Å². The van der Waals surface area contributed by atoms with Gasteiger partial charge in [0.15, 0.2) is 0 Å². The lowest BCUT2D eigenvalue weighted by atomic mass is 9.97. The summed E-state index contributed by atoms with van der Waals surface area (Å²) in [6.07, 6.45) is 6.91. The largest absolute Gasteiger partial charge is 0.489 e. The molecule has 0 spiro atoms. The number of aryl methyl sites for hydroxylation is 3. The summed E-state index contributed by atoms with van der Waals surface area (Å²) >= 11 is 8.21. The van der Waals surface area contributed by atoms with Gasteiger partial charge in [-0.15, -0.1) is 11.3 Å². The van der Waals surface area contributed by atoms with E-state index in [2.05, 4.69) is 5.32 Å². The van der Waals surface area contributed by atoms with Crippen LogP contribution in [-0.4, -0.2) is 27.1 Å². The van der Waals surface area contributed by atoms with Gasteiger partial charge in [0.2, 0.25) is 0 Å². The van der Waals surface area contributed by atoms with Gasteiger partial charge >= 0.3 is 5.97 Å². The minimum absolute atomic E-state index is 0.0689. The SMILES string of the molecule is CC(C)Oc1ccc(CNc2nc(CCCCC(=O)O)nc3sc4c(c23)CCCC4)cc1Cl. The zero-order chi connectivity index (χ0) is 23.4. The fraction of sp³-hybridized carbons (Fsp3) is 0.480. The van der Waals surface area contributed by atoms with E-state index in [0.717, 1.165) is 46.7 Å². The minimum atomic E-state index is -0.761. The van der Waals surface area contributed by atoms with Crippen LogP contribution < -0.4 is 10.1 Å². The number of hydrogen-bond donors (Lipinski definition) is 2. The van der Waals surface area contributed by atoms with Crippen molar-refractivity contribution < 1.29 is 14.6 Å². The topological polar surface area (TPSA) is 84.3 Å². The number of carboxylic acid groups (broad SMARTS) is 1. The maximum atomic E-state index is 10.8. The van der Waals surface area contributed by atoms with Gasteiger partial charge in [-0.2, -0.15) is 0 Å². The first-order valence-electron chi connectivity index (χ1n) is 11.6. The summed E-state index contributed by atoms with van der Waals surface area (Å²) in [7, 11) is 0. The second-order valence-corrected chi connectivity index (χ2v) is 10.3. The number of anilines is 1. The molecular formula is C25H30ClN3O3S. The van der Waals surface area contributed by atoms with Crippen molar-refractivity contribution in [3.63, 3.8) is 0 Å². The molecule has 0 saturated heterocycles.